The molecule has 0 amide bonds. The third-order valence-corrected chi connectivity index (χ3v) is 12.0. The number of aliphatic hydroxyl groups is 1. The number of carbonyl (C=O) groups is 2. The van der Waals surface area contributed by atoms with E-state index in [1.165, 1.54) is 74.0 Å². The molecule has 1 aromatic rings. The van der Waals surface area contributed by atoms with E-state index < -0.39 is 38.6 Å². The van der Waals surface area contributed by atoms with Gasteiger partial charge in [-0.3, -0.25) is 18.6 Å². The van der Waals surface area contributed by atoms with Gasteiger partial charge < -0.3 is 28.4 Å². The lowest BCUT2D eigenvalue weighted by Crippen LogP contribution is -2.37. The van der Waals surface area contributed by atoms with Crippen molar-refractivity contribution in [3.05, 3.63) is 95.6 Å². The molecule has 0 aliphatic heterocycles. The van der Waals surface area contributed by atoms with Gasteiger partial charge in [0.1, 0.15) is 31.3 Å². The standard InChI is InChI=1S/C54H90NO10P/c1-8-10-12-13-26-32-37-49(56)38-33-27-22-18-14-16-20-24-29-35-41-53(57)61-45-50(46-63-66(59,60)62-44-43-55(5,6)7)64-54(58)42-36-30-25-21-17-15-19-23-28-34-40-52-48(4)47(3)51(65-52)39-31-11-9-2/h10,12,14,16,22,24,26-27,29,32-33,38,49-50,56H,8-9,11,13,15,17-21,23,25,28,30-31,34-37,39-46H2,1-7H3/p+1/b12-10-,16-14-,27-22-,29-24-,32-26-,38-33+/t49?,50-/m1/s1. The normalized spacial score (nSPS) is 14.5. The van der Waals surface area contributed by atoms with Crippen molar-refractivity contribution in [2.24, 2.45) is 0 Å². The lowest BCUT2D eigenvalue weighted by Gasteiger charge is -2.24. The van der Waals surface area contributed by atoms with Gasteiger partial charge >= 0.3 is 19.8 Å². The van der Waals surface area contributed by atoms with E-state index in [-0.39, 0.29) is 26.1 Å². The first-order chi connectivity index (χ1) is 31.7. The van der Waals surface area contributed by atoms with Gasteiger partial charge in [0.05, 0.1) is 33.9 Å². The van der Waals surface area contributed by atoms with E-state index in [9.17, 15) is 24.2 Å². The van der Waals surface area contributed by atoms with Gasteiger partial charge in [0.15, 0.2) is 6.10 Å². The van der Waals surface area contributed by atoms with Crippen LogP contribution in [0.3, 0.4) is 0 Å². The minimum atomic E-state index is -4.42. The number of ether oxygens (including phenoxy) is 2. The molecule has 2 unspecified atom stereocenters. The van der Waals surface area contributed by atoms with E-state index in [4.69, 9.17) is 22.9 Å². The maximum Gasteiger partial charge on any atom is 0.472 e. The monoisotopic (exact) mass is 945 g/mol. The molecule has 1 rings (SSSR count). The Hall–Kier alpha value is -3.31. The van der Waals surface area contributed by atoms with Crippen molar-refractivity contribution in [3.8, 4) is 0 Å². The second-order valence-corrected chi connectivity index (χ2v) is 19.7. The molecule has 0 saturated carbocycles. The largest absolute Gasteiger partial charge is 0.472 e. The van der Waals surface area contributed by atoms with E-state index in [1.807, 2.05) is 63.7 Å². The Bertz CT molecular complexity index is 1650. The molecule has 376 valence electrons. The summed E-state index contributed by atoms with van der Waals surface area (Å²) in [4.78, 5) is 35.6. The summed E-state index contributed by atoms with van der Waals surface area (Å²) in [5, 5.41) is 10.0. The van der Waals surface area contributed by atoms with Gasteiger partial charge in [0.2, 0.25) is 0 Å². The lowest BCUT2D eigenvalue weighted by molar-refractivity contribution is -0.870. The van der Waals surface area contributed by atoms with Crippen LogP contribution in [0.1, 0.15) is 171 Å². The number of esters is 2. The number of hydrogen-bond donors (Lipinski definition) is 2. The van der Waals surface area contributed by atoms with Gasteiger partial charge in [-0.05, 0) is 82.8 Å². The Morgan fingerprint density at radius 3 is 1.85 bits per heavy atom. The first kappa shape index (κ1) is 60.7. The van der Waals surface area contributed by atoms with E-state index in [0.29, 0.717) is 30.3 Å². The number of aliphatic hydroxyl groups excluding tert-OH is 1. The van der Waals surface area contributed by atoms with Crippen LogP contribution in [0.4, 0.5) is 0 Å². The molecule has 1 aromatic heterocycles. The summed E-state index contributed by atoms with van der Waals surface area (Å²) in [6.07, 6.45) is 43.8. The van der Waals surface area contributed by atoms with Crippen LogP contribution >= 0.6 is 7.82 Å². The van der Waals surface area contributed by atoms with Crippen molar-refractivity contribution in [2.45, 2.75) is 188 Å². The first-order valence-electron chi connectivity index (χ1n) is 25.1. The molecular formula is C54H91NO10P+. The fourth-order valence-electron chi connectivity index (χ4n) is 6.83. The van der Waals surface area contributed by atoms with Crippen molar-refractivity contribution in [1.82, 2.24) is 0 Å². The van der Waals surface area contributed by atoms with Crippen LogP contribution in [0.25, 0.3) is 0 Å². The highest BCUT2D eigenvalue weighted by molar-refractivity contribution is 7.47. The third-order valence-electron chi connectivity index (χ3n) is 11.0. The molecule has 0 spiro atoms. The molecule has 3 atom stereocenters. The zero-order chi connectivity index (χ0) is 48.7. The Morgan fingerprint density at radius 2 is 1.23 bits per heavy atom. The van der Waals surface area contributed by atoms with E-state index in [1.54, 1.807) is 6.08 Å². The molecule has 0 aromatic carbocycles. The SMILES string of the molecule is CC/C=C\C/C=C\CC(O)/C=C/C=C\C/C=C\C/C=C\CCC(=O)OC[C@H](COP(=O)(O)OCC[N+](C)(C)C)OC(=O)CCCCCCCCCCCCc1oc(CCCCC)c(C)c1C. The Labute approximate surface area is 400 Å². The topological polar surface area (TPSA) is 142 Å². The zero-order valence-electron chi connectivity index (χ0n) is 42.2. The molecule has 0 aliphatic rings. The molecule has 0 saturated heterocycles. The zero-order valence-corrected chi connectivity index (χ0v) is 43.1. The molecular weight excluding hydrogens is 854 g/mol. The number of quaternary nitrogens is 1. The van der Waals surface area contributed by atoms with Crippen LogP contribution < -0.4 is 0 Å². The maximum absolute atomic E-state index is 12.8. The average molecular weight is 945 g/mol. The summed E-state index contributed by atoms with van der Waals surface area (Å²) < 4.78 is 40.6. The third kappa shape index (κ3) is 34.9. The van der Waals surface area contributed by atoms with E-state index in [0.717, 1.165) is 64.2 Å². The summed E-state index contributed by atoms with van der Waals surface area (Å²) in [5.41, 5.74) is 2.68. The summed E-state index contributed by atoms with van der Waals surface area (Å²) in [6, 6.07) is 0. The van der Waals surface area contributed by atoms with Crippen LogP contribution in [-0.2, 0) is 45.5 Å². The summed E-state index contributed by atoms with van der Waals surface area (Å²) in [6.45, 7) is 8.47. The van der Waals surface area contributed by atoms with Crippen molar-refractivity contribution in [1.29, 1.82) is 0 Å². The number of rotatable bonds is 41. The number of likely N-dealkylation sites (N-methyl/N-ethyl adjacent to an activating group) is 1. The molecule has 0 fully saturated rings. The molecule has 11 nitrogen and oxygen atoms in total. The molecule has 1 heterocycles. The Balaban J connectivity index is 2.37. The number of aryl methyl sites for hydroxylation is 2. The highest BCUT2D eigenvalue weighted by Gasteiger charge is 2.27. The minimum Gasteiger partial charge on any atom is -0.466 e. The highest BCUT2D eigenvalue weighted by Crippen LogP contribution is 2.43. The van der Waals surface area contributed by atoms with E-state index in [2.05, 4.69) is 52.0 Å². The molecule has 66 heavy (non-hydrogen) atoms. The fraction of sp³-hybridized carbons (Fsp3) is 0.667. The smallest absolute Gasteiger partial charge is 0.466 e. The number of phosphoric acid groups is 1. The molecule has 0 bridgehead atoms. The fourth-order valence-corrected chi connectivity index (χ4v) is 7.57. The van der Waals surface area contributed by atoms with Crippen LogP contribution in [-0.4, -0.2) is 86.1 Å². The van der Waals surface area contributed by atoms with Crippen LogP contribution in [0, 0.1) is 13.8 Å². The highest BCUT2D eigenvalue weighted by atomic mass is 31.2. The molecule has 0 radical (unpaired) electrons. The number of phosphoric ester groups is 1. The Morgan fingerprint density at radius 1 is 0.667 bits per heavy atom. The quantitative estimate of drug-likeness (QED) is 0.0163. The predicted molar refractivity (Wildman–Crippen MR) is 270 cm³/mol. The van der Waals surface area contributed by atoms with Gasteiger partial charge in [-0.25, -0.2) is 4.57 Å². The second kappa shape index (κ2) is 38.6. The summed E-state index contributed by atoms with van der Waals surface area (Å²) >= 11 is 0. The van der Waals surface area contributed by atoms with Gasteiger partial charge in [-0.15, -0.1) is 0 Å². The number of furan rings is 1. The van der Waals surface area contributed by atoms with Crippen LogP contribution in [0.5, 0.6) is 0 Å². The molecule has 12 heteroatoms. The van der Waals surface area contributed by atoms with Gasteiger partial charge in [-0.2, -0.15) is 0 Å². The van der Waals surface area contributed by atoms with Crippen molar-refractivity contribution in [2.75, 3.05) is 47.5 Å². The number of unbranched alkanes of at least 4 members (excludes halogenated alkanes) is 11. The van der Waals surface area contributed by atoms with Crippen molar-refractivity contribution in [3.63, 3.8) is 0 Å². The number of allylic oxidation sites excluding steroid dienone is 10. The van der Waals surface area contributed by atoms with Gasteiger partial charge in [0, 0.05) is 25.7 Å². The van der Waals surface area contributed by atoms with Crippen molar-refractivity contribution >= 4 is 19.8 Å². The van der Waals surface area contributed by atoms with Crippen molar-refractivity contribution < 1.29 is 51.6 Å². The number of hydrogen-bond acceptors (Lipinski definition) is 9. The predicted octanol–water partition coefficient (Wildman–Crippen LogP) is 13.2. The minimum absolute atomic E-state index is 0.00285. The van der Waals surface area contributed by atoms with Crippen LogP contribution in [0.15, 0.2) is 77.3 Å². The summed E-state index contributed by atoms with van der Waals surface area (Å²) in [5.74, 6) is 1.42. The lowest BCUT2D eigenvalue weighted by atomic mass is 10.0. The number of nitrogens with zero attached hydrogens (tertiary/aromatic N) is 1. The van der Waals surface area contributed by atoms with Gasteiger partial charge in [-0.1, -0.05) is 151 Å². The summed E-state index contributed by atoms with van der Waals surface area (Å²) in [7, 11) is 1.38. The number of carbonyl (C=O) groups excluding carboxylic acids is 2. The van der Waals surface area contributed by atoms with Gasteiger partial charge in [0.25, 0.3) is 0 Å². The Kier molecular flexibility index (Phi) is 35.5. The molecule has 0 aliphatic carbocycles. The average Bonchev–Trinajstić information content (AvgIpc) is 3.53. The molecule has 2 N–H and O–H groups in total. The first-order valence-corrected chi connectivity index (χ1v) is 26.6. The van der Waals surface area contributed by atoms with E-state index >= 15 is 0 Å². The van der Waals surface area contributed by atoms with Crippen LogP contribution in [0.2, 0.25) is 0 Å². The maximum atomic E-state index is 12.8. The second-order valence-electron chi connectivity index (χ2n) is 18.3.